The van der Waals surface area contributed by atoms with E-state index in [1.54, 1.807) is 24.4 Å². The Morgan fingerprint density at radius 1 is 1.54 bits per heavy atom. The second-order valence-corrected chi connectivity index (χ2v) is 2.60. The lowest BCUT2D eigenvalue weighted by Gasteiger charge is -1.98. The van der Waals surface area contributed by atoms with Gasteiger partial charge in [0.1, 0.15) is 0 Å². The van der Waals surface area contributed by atoms with Gasteiger partial charge >= 0.3 is 6.09 Å². The Kier molecular flexibility index (Phi) is 1.63. The summed E-state index contributed by atoms with van der Waals surface area (Å²) in [5.41, 5.74) is 1.43. The predicted octanol–water partition coefficient (Wildman–Crippen LogP) is 1.65. The smallest absolute Gasteiger partial charge is 0.409 e. The average Bonchev–Trinajstić information content (AvgIpc) is 2.49. The first kappa shape index (κ1) is 7.60. The van der Waals surface area contributed by atoms with E-state index in [1.165, 1.54) is 0 Å². The van der Waals surface area contributed by atoms with Gasteiger partial charge in [-0.3, -0.25) is 10.4 Å². The van der Waals surface area contributed by atoms with Crippen molar-refractivity contribution >= 4 is 22.7 Å². The number of rotatable bonds is 1. The molecule has 0 aliphatic heterocycles. The summed E-state index contributed by atoms with van der Waals surface area (Å²) < 4.78 is 0. The molecule has 0 spiro atoms. The highest BCUT2D eigenvalue weighted by Gasteiger charge is 1.99. The summed E-state index contributed by atoms with van der Waals surface area (Å²) in [6.07, 6.45) is 0.574. The molecule has 5 heteroatoms. The van der Waals surface area contributed by atoms with Gasteiger partial charge in [-0.25, -0.2) is 4.79 Å². The number of anilines is 1. The van der Waals surface area contributed by atoms with Crippen molar-refractivity contribution < 1.29 is 9.90 Å². The van der Waals surface area contributed by atoms with Crippen molar-refractivity contribution in [3.05, 3.63) is 24.4 Å². The van der Waals surface area contributed by atoms with E-state index < -0.39 is 6.09 Å². The minimum atomic E-state index is -1.07. The van der Waals surface area contributed by atoms with E-state index >= 15 is 0 Å². The highest BCUT2D eigenvalue weighted by atomic mass is 16.4. The maximum absolute atomic E-state index is 10.3. The Labute approximate surface area is 73.4 Å². The molecule has 3 N–H and O–H groups in total. The molecule has 0 aliphatic carbocycles. The van der Waals surface area contributed by atoms with Crippen molar-refractivity contribution in [2.45, 2.75) is 0 Å². The number of benzene rings is 1. The number of carbonyl (C=O) groups is 1. The lowest BCUT2D eigenvalue weighted by molar-refractivity contribution is 0.210. The van der Waals surface area contributed by atoms with Gasteiger partial charge in [-0.15, -0.1) is 0 Å². The van der Waals surface area contributed by atoms with Crippen LogP contribution in [0.4, 0.5) is 10.5 Å². The number of H-pyrrole nitrogens is 1. The van der Waals surface area contributed by atoms with Crippen molar-refractivity contribution in [3.8, 4) is 0 Å². The summed E-state index contributed by atoms with van der Waals surface area (Å²) in [5.74, 6) is 0. The minimum absolute atomic E-state index is 0.543. The molecule has 1 aromatic carbocycles. The fraction of sp³-hybridized carbons (Fsp3) is 0. The Balaban J connectivity index is 2.42. The van der Waals surface area contributed by atoms with Gasteiger partial charge in [0.25, 0.3) is 0 Å². The molecule has 2 rings (SSSR count). The second-order valence-electron chi connectivity index (χ2n) is 2.60. The van der Waals surface area contributed by atoms with E-state index in [9.17, 15) is 4.79 Å². The molecule has 66 valence electrons. The van der Waals surface area contributed by atoms with E-state index in [0.717, 1.165) is 10.9 Å². The van der Waals surface area contributed by atoms with Gasteiger partial charge in [0, 0.05) is 11.1 Å². The van der Waals surface area contributed by atoms with Crippen LogP contribution in [0, 0.1) is 0 Å². The van der Waals surface area contributed by atoms with Gasteiger partial charge in [0.2, 0.25) is 0 Å². The second kappa shape index (κ2) is 2.78. The third-order valence-electron chi connectivity index (χ3n) is 1.69. The van der Waals surface area contributed by atoms with Crippen molar-refractivity contribution in [3.63, 3.8) is 0 Å². The van der Waals surface area contributed by atoms with Crippen LogP contribution in [0.15, 0.2) is 24.4 Å². The molecule has 2 aromatic rings. The summed E-state index contributed by atoms with van der Waals surface area (Å²) >= 11 is 0. The van der Waals surface area contributed by atoms with Gasteiger partial charge in [-0.05, 0) is 18.2 Å². The van der Waals surface area contributed by atoms with Gasteiger partial charge in [0.15, 0.2) is 0 Å². The first-order chi connectivity index (χ1) is 6.25. The number of aromatic amines is 1. The molecular weight excluding hydrogens is 170 g/mol. The lowest BCUT2D eigenvalue weighted by atomic mass is 10.2. The van der Waals surface area contributed by atoms with Crippen LogP contribution in [-0.4, -0.2) is 21.4 Å². The highest BCUT2D eigenvalue weighted by Crippen LogP contribution is 2.16. The van der Waals surface area contributed by atoms with Gasteiger partial charge < -0.3 is 5.11 Å². The van der Waals surface area contributed by atoms with Crippen LogP contribution < -0.4 is 5.32 Å². The molecule has 1 aromatic heterocycles. The highest BCUT2D eigenvalue weighted by molar-refractivity contribution is 5.88. The van der Waals surface area contributed by atoms with Crippen LogP contribution in [0.3, 0.4) is 0 Å². The molecule has 5 nitrogen and oxygen atoms in total. The number of nitrogens with one attached hydrogen (secondary N) is 2. The van der Waals surface area contributed by atoms with Crippen molar-refractivity contribution in [2.24, 2.45) is 0 Å². The zero-order valence-corrected chi connectivity index (χ0v) is 6.61. The van der Waals surface area contributed by atoms with Gasteiger partial charge in [-0.2, -0.15) is 5.10 Å². The van der Waals surface area contributed by atoms with Crippen LogP contribution in [0.5, 0.6) is 0 Å². The molecular formula is C8H7N3O2. The number of fused-ring (bicyclic) bond motifs is 1. The Morgan fingerprint density at radius 2 is 2.38 bits per heavy atom. The van der Waals surface area contributed by atoms with Crippen LogP contribution in [0.25, 0.3) is 10.9 Å². The number of amides is 1. The largest absolute Gasteiger partial charge is 0.465 e. The van der Waals surface area contributed by atoms with Crippen LogP contribution in [0.2, 0.25) is 0 Å². The van der Waals surface area contributed by atoms with Crippen molar-refractivity contribution in [2.75, 3.05) is 5.32 Å². The number of carboxylic acid groups (broad SMARTS) is 1. The van der Waals surface area contributed by atoms with Crippen LogP contribution in [0.1, 0.15) is 0 Å². The first-order valence-corrected chi connectivity index (χ1v) is 3.69. The summed E-state index contributed by atoms with van der Waals surface area (Å²) in [6.45, 7) is 0. The normalized spacial score (nSPS) is 10.2. The number of hydrogen-bond acceptors (Lipinski definition) is 2. The predicted molar refractivity (Wildman–Crippen MR) is 47.7 cm³/mol. The zero-order valence-electron chi connectivity index (χ0n) is 6.61. The van der Waals surface area contributed by atoms with Gasteiger partial charge in [-0.1, -0.05) is 0 Å². The molecule has 0 bridgehead atoms. The number of hydrogen-bond donors (Lipinski definition) is 3. The summed E-state index contributed by atoms with van der Waals surface area (Å²) in [7, 11) is 0. The Bertz CT molecular complexity index is 449. The molecule has 0 saturated carbocycles. The van der Waals surface area contributed by atoms with E-state index in [0.29, 0.717) is 5.69 Å². The summed E-state index contributed by atoms with van der Waals surface area (Å²) in [6, 6.07) is 5.16. The monoisotopic (exact) mass is 177 g/mol. The third-order valence-corrected chi connectivity index (χ3v) is 1.69. The average molecular weight is 177 g/mol. The van der Waals surface area contributed by atoms with E-state index in [1.807, 2.05) is 0 Å². The molecule has 0 radical (unpaired) electrons. The first-order valence-electron chi connectivity index (χ1n) is 3.69. The quantitative estimate of drug-likeness (QED) is 0.619. The van der Waals surface area contributed by atoms with Crippen molar-refractivity contribution in [1.29, 1.82) is 0 Å². The molecule has 0 atom stereocenters. The minimum Gasteiger partial charge on any atom is -0.465 e. The Hall–Kier alpha value is -2.04. The van der Waals surface area contributed by atoms with E-state index in [2.05, 4.69) is 15.5 Å². The molecule has 1 amide bonds. The maximum Gasteiger partial charge on any atom is 0.409 e. The fourth-order valence-electron chi connectivity index (χ4n) is 1.14. The zero-order chi connectivity index (χ0) is 9.26. The molecule has 0 saturated heterocycles. The van der Waals surface area contributed by atoms with Crippen LogP contribution >= 0.6 is 0 Å². The summed E-state index contributed by atoms with van der Waals surface area (Å²) in [5, 5.41) is 18.2. The van der Waals surface area contributed by atoms with Crippen LogP contribution in [-0.2, 0) is 0 Å². The van der Waals surface area contributed by atoms with E-state index in [4.69, 9.17) is 5.11 Å². The standard InChI is InChI=1S/C8H7N3O2/c12-8(13)10-6-1-2-7-5(3-6)4-9-11-7/h1-4,10H,(H,9,11)(H,12,13). The third kappa shape index (κ3) is 1.44. The summed E-state index contributed by atoms with van der Waals surface area (Å²) in [4.78, 5) is 10.3. The Morgan fingerprint density at radius 3 is 3.15 bits per heavy atom. The van der Waals surface area contributed by atoms with E-state index in [-0.39, 0.29) is 0 Å². The maximum atomic E-state index is 10.3. The molecule has 1 heterocycles. The molecule has 0 aliphatic rings. The molecule has 0 unspecified atom stereocenters. The van der Waals surface area contributed by atoms with Crippen molar-refractivity contribution in [1.82, 2.24) is 10.2 Å². The topological polar surface area (TPSA) is 78.0 Å². The fourth-order valence-corrected chi connectivity index (χ4v) is 1.14. The van der Waals surface area contributed by atoms with Gasteiger partial charge in [0.05, 0.1) is 11.7 Å². The number of aromatic nitrogens is 2. The molecule has 0 fully saturated rings. The lowest BCUT2D eigenvalue weighted by Crippen LogP contribution is -2.06. The molecule has 13 heavy (non-hydrogen) atoms. The number of nitrogens with zero attached hydrogens (tertiary/aromatic N) is 1. The SMILES string of the molecule is O=C(O)Nc1ccc2[nH]ncc2c1.